The summed E-state index contributed by atoms with van der Waals surface area (Å²) in [6.07, 6.45) is 0. The van der Waals surface area contributed by atoms with Crippen molar-refractivity contribution in [3.8, 4) is 17.2 Å². The van der Waals surface area contributed by atoms with Gasteiger partial charge in [-0.3, -0.25) is 9.59 Å². The second-order valence-electron chi connectivity index (χ2n) is 7.17. The number of methoxy groups -OCH3 is 1. The Labute approximate surface area is 195 Å². The summed E-state index contributed by atoms with van der Waals surface area (Å²) in [5, 5.41) is 8.54. The number of carbonyl (C=O) groups excluding carboxylic acids is 1. The average Bonchev–Trinajstić information content (AvgIpc) is 2.85. The van der Waals surface area contributed by atoms with Crippen LogP contribution >= 0.6 is 11.6 Å². The molecular weight excluding hydrogens is 442 g/mol. The van der Waals surface area contributed by atoms with Crippen LogP contribution in [0.1, 0.15) is 23.0 Å². The Bertz CT molecular complexity index is 1370. The van der Waals surface area contributed by atoms with Gasteiger partial charge in [0.15, 0.2) is 17.2 Å². The van der Waals surface area contributed by atoms with E-state index < -0.39 is 5.91 Å². The molecule has 1 amide bonds. The van der Waals surface area contributed by atoms with Crippen LogP contribution in [0, 0.1) is 0 Å². The maximum atomic E-state index is 13.2. The van der Waals surface area contributed by atoms with Gasteiger partial charge in [0.2, 0.25) is 0 Å². The van der Waals surface area contributed by atoms with Crippen molar-refractivity contribution in [1.29, 1.82) is 0 Å². The molecule has 0 bridgehead atoms. The number of amides is 1. The Morgan fingerprint density at radius 2 is 1.76 bits per heavy atom. The summed E-state index contributed by atoms with van der Waals surface area (Å²) >= 11 is 6.34. The highest BCUT2D eigenvalue weighted by molar-refractivity contribution is 6.32. The van der Waals surface area contributed by atoms with Gasteiger partial charge in [-0.15, -0.1) is 0 Å². The van der Waals surface area contributed by atoms with E-state index in [-0.39, 0.29) is 17.8 Å². The summed E-state index contributed by atoms with van der Waals surface area (Å²) in [4.78, 5) is 26.2. The minimum Gasteiger partial charge on any atom is -0.493 e. The Morgan fingerprint density at radius 3 is 2.45 bits per heavy atom. The van der Waals surface area contributed by atoms with Crippen LogP contribution in [-0.2, 0) is 6.54 Å². The molecule has 0 aliphatic rings. The van der Waals surface area contributed by atoms with Gasteiger partial charge in [0.1, 0.15) is 0 Å². The smallest absolute Gasteiger partial charge is 0.279 e. The van der Waals surface area contributed by atoms with Gasteiger partial charge in [0.25, 0.3) is 11.5 Å². The van der Waals surface area contributed by atoms with E-state index in [4.69, 9.17) is 21.1 Å². The fraction of sp³-hybridized carbons (Fsp3) is 0.160. The monoisotopic (exact) mass is 463 g/mol. The van der Waals surface area contributed by atoms with Crippen molar-refractivity contribution >= 4 is 28.3 Å². The molecule has 1 aromatic heterocycles. The first-order valence-corrected chi connectivity index (χ1v) is 10.8. The third kappa shape index (κ3) is 4.54. The molecule has 0 fully saturated rings. The molecule has 168 valence electrons. The van der Waals surface area contributed by atoms with E-state index >= 15 is 0 Å². The van der Waals surface area contributed by atoms with E-state index in [1.807, 2.05) is 13.0 Å². The lowest BCUT2D eigenvalue weighted by molar-refractivity contribution is 0.0946. The number of rotatable bonds is 7. The number of nitrogens with one attached hydrogen (secondary N) is 1. The number of para-hydroxylation sites is 1. The summed E-state index contributed by atoms with van der Waals surface area (Å²) in [5.41, 5.74) is 1.16. The maximum Gasteiger partial charge on any atom is 0.279 e. The molecule has 0 saturated heterocycles. The third-order valence-electron chi connectivity index (χ3n) is 5.05. The van der Waals surface area contributed by atoms with Crippen molar-refractivity contribution in [1.82, 2.24) is 15.1 Å². The van der Waals surface area contributed by atoms with Crippen LogP contribution in [-0.4, -0.2) is 29.4 Å². The quantitative estimate of drug-likeness (QED) is 0.440. The molecule has 4 rings (SSSR count). The molecule has 0 saturated carbocycles. The van der Waals surface area contributed by atoms with E-state index in [1.54, 1.807) is 60.7 Å². The normalized spacial score (nSPS) is 10.8. The third-order valence-corrected chi connectivity index (χ3v) is 5.33. The van der Waals surface area contributed by atoms with E-state index in [0.29, 0.717) is 39.6 Å². The van der Waals surface area contributed by atoms with Crippen molar-refractivity contribution in [2.75, 3.05) is 13.7 Å². The number of hydrogen-bond acceptors (Lipinski definition) is 5. The van der Waals surface area contributed by atoms with Crippen LogP contribution in [0.2, 0.25) is 5.02 Å². The van der Waals surface area contributed by atoms with Crippen molar-refractivity contribution < 1.29 is 14.3 Å². The van der Waals surface area contributed by atoms with Gasteiger partial charge < -0.3 is 14.8 Å². The van der Waals surface area contributed by atoms with Crippen LogP contribution in [0.5, 0.6) is 11.5 Å². The van der Waals surface area contributed by atoms with Gasteiger partial charge in [-0.1, -0.05) is 48.0 Å². The summed E-state index contributed by atoms with van der Waals surface area (Å²) in [6, 6.07) is 19.4. The Balaban J connectivity index is 1.69. The standard InChI is InChI=1S/C25H22ClN3O4/c1-3-33-23-20(26)13-16(14-21(23)32-2)15-27-24(30)22-18-11-7-8-12-19(18)25(31)29(28-22)17-9-5-4-6-10-17/h4-14H,3,15H2,1-2H3,(H,27,30). The van der Waals surface area contributed by atoms with Crippen LogP contribution in [0.15, 0.2) is 71.5 Å². The minimum atomic E-state index is -0.417. The SMILES string of the molecule is CCOc1c(Cl)cc(CNC(=O)c2nn(-c3ccccc3)c(=O)c3ccccc23)cc1OC. The highest BCUT2D eigenvalue weighted by Crippen LogP contribution is 2.36. The van der Waals surface area contributed by atoms with Gasteiger partial charge >= 0.3 is 0 Å². The molecule has 0 atom stereocenters. The average molecular weight is 464 g/mol. The lowest BCUT2D eigenvalue weighted by atomic mass is 10.1. The van der Waals surface area contributed by atoms with E-state index in [1.165, 1.54) is 11.8 Å². The second-order valence-corrected chi connectivity index (χ2v) is 7.58. The molecule has 8 heteroatoms. The first-order valence-electron chi connectivity index (χ1n) is 10.4. The first-order chi connectivity index (χ1) is 16.0. The lowest BCUT2D eigenvalue weighted by Gasteiger charge is -2.14. The van der Waals surface area contributed by atoms with Crippen LogP contribution in [0.25, 0.3) is 16.5 Å². The zero-order chi connectivity index (χ0) is 23.4. The van der Waals surface area contributed by atoms with Crippen LogP contribution < -0.4 is 20.3 Å². The fourth-order valence-electron chi connectivity index (χ4n) is 3.53. The molecule has 3 aromatic carbocycles. The van der Waals surface area contributed by atoms with E-state index in [9.17, 15) is 9.59 Å². The predicted molar refractivity (Wildman–Crippen MR) is 128 cm³/mol. The number of hydrogen-bond donors (Lipinski definition) is 1. The number of carbonyl (C=O) groups is 1. The predicted octanol–water partition coefficient (Wildman–Crippen LogP) is 4.38. The molecule has 0 aliphatic heterocycles. The fourth-order valence-corrected chi connectivity index (χ4v) is 3.81. The summed E-state index contributed by atoms with van der Waals surface area (Å²) < 4.78 is 12.2. The Hall–Kier alpha value is -3.84. The second kappa shape index (κ2) is 9.75. The number of halogens is 1. The molecule has 7 nitrogen and oxygen atoms in total. The highest BCUT2D eigenvalue weighted by atomic mass is 35.5. The minimum absolute atomic E-state index is 0.151. The number of ether oxygens (including phenoxy) is 2. The first kappa shape index (κ1) is 22.4. The molecule has 1 N–H and O–H groups in total. The van der Waals surface area contributed by atoms with Gasteiger partial charge in [0, 0.05) is 11.9 Å². The Morgan fingerprint density at radius 1 is 1.06 bits per heavy atom. The molecule has 0 radical (unpaired) electrons. The maximum absolute atomic E-state index is 13.2. The van der Waals surface area contributed by atoms with Gasteiger partial charge in [-0.25, -0.2) is 0 Å². The molecule has 1 heterocycles. The molecular formula is C25H22ClN3O4. The van der Waals surface area contributed by atoms with Crippen LogP contribution in [0.3, 0.4) is 0 Å². The summed E-state index contributed by atoms with van der Waals surface area (Å²) in [6.45, 7) is 2.49. The number of fused-ring (bicyclic) bond motifs is 1. The number of benzene rings is 3. The molecule has 4 aromatic rings. The zero-order valence-electron chi connectivity index (χ0n) is 18.2. The highest BCUT2D eigenvalue weighted by Gasteiger charge is 2.18. The van der Waals surface area contributed by atoms with Crippen molar-refractivity contribution in [2.45, 2.75) is 13.5 Å². The molecule has 0 aliphatic carbocycles. The van der Waals surface area contributed by atoms with Crippen molar-refractivity contribution in [3.05, 3.63) is 93.4 Å². The van der Waals surface area contributed by atoms with E-state index in [0.717, 1.165) is 5.56 Å². The van der Waals surface area contributed by atoms with Crippen molar-refractivity contribution in [2.24, 2.45) is 0 Å². The van der Waals surface area contributed by atoms with Gasteiger partial charge in [0.05, 0.1) is 29.8 Å². The van der Waals surface area contributed by atoms with E-state index in [2.05, 4.69) is 10.4 Å². The van der Waals surface area contributed by atoms with Gasteiger partial charge in [-0.05, 0) is 42.8 Å². The van der Waals surface area contributed by atoms with Gasteiger partial charge in [-0.2, -0.15) is 9.78 Å². The molecule has 33 heavy (non-hydrogen) atoms. The lowest BCUT2D eigenvalue weighted by Crippen LogP contribution is -2.29. The summed E-state index contributed by atoms with van der Waals surface area (Å²) in [7, 11) is 1.53. The number of nitrogens with zero attached hydrogens (tertiary/aromatic N) is 2. The van der Waals surface area contributed by atoms with Crippen molar-refractivity contribution in [3.63, 3.8) is 0 Å². The topological polar surface area (TPSA) is 82.5 Å². The molecule has 0 spiro atoms. The number of aromatic nitrogens is 2. The molecule has 0 unspecified atom stereocenters. The van der Waals surface area contributed by atoms with Crippen LogP contribution in [0.4, 0.5) is 0 Å². The Kier molecular flexibility index (Phi) is 6.60. The zero-order valence-corrected chi connectivity index (χ0v) is 18.9. The largest absolute Gasteiger partial charge is 0.493 e. The summed E-state index contributed by atoms with van der Waals surface area (Å²) in [5.74, 6) is 0.522.